The minimum absolute atomic E-state index is 0.0567. The van der Waals surface area contributed by atoms with E-state index in [0.29, 0.717) is 42.9 Å². The zero-order valence-corrected chi connectivity index (χ0v) is 20.2. The maximum absolute atomic E-state index is 12.2. The quantitative estimate of drug-likeness (QED) is 0.340. The van der Waals surface area contributed by atoms with Crippen LogP contribution >= 0.6 is 0 Å². The molecule has 4 aromatic rings. The first-order valence-corrected chi connectivity index (χ1v) is 11.8. The third-order valence-corrected chi connectivity index (χ3v) is 6.31. The highest BCUT2D eigenvalue weighted by atomic mass is 16.5. The summed E-state index contributed by atoms with van der Waals surface area (Å²) >= 11 is 0. The van der Waals surface area contributed by atoms with Gasteiger partial charge < -0.3 is 18.9 Å². The zero-order valence-electron chi connectivity index (χ0n) is 20.2. The summed E-state index contributed by atoms with van der Waals surface area (Å²) in [5, 5.41) is 4.04. The number of hydrogen-bond donors (Lipinski definition) is 0. The molecule has 0 bridgehead atoms. The lowest BCUT2D eigenvalue weighted by atomic mass is 9.87. The Bertz CT molecular complexity index is 1330. The first-order valence-electron chi connectivity index (χ1n) is 11.8. The van der Waals surface area contributed by atoms with Gasteiger partial charge in [0.25, 0.3) is 5.89 Å². The van der Waals surface area contributed by atoms with E-state index in [0.717, 1.165) is 16.8 Å². The Balaban J connectivity index is 1.31. The summed E-state index contributed by atoms with van der Waals surface area (Å²) in [5.74, 6) is 2.20. The monoisotopic (exact) mass is 485 g/mol. The molecule has 1 aliphatic heterocycles. The molecule has 2 aromatic carbocycles. The first kappa shape index (κ1) is 23.5. The fourth-order valence-electron chi connectivity index (χ4n) is 4.50. The van der Waals surface area contributed by atoms with E-state index in [4.69, 9.17) is 14.0 Å². The van der Waals surface area contributed by atoms with E-state index in [1.807, 2.05) is 61.5 Å². The van der Waals surface area contributed by atoms with Gasteiger partial charge in [-0.05, 0) is 36.6 Å². The highest BCUT2D eigenvalue weighted by Crippen LogP contribution is 2.37. The lowest BCUT2D eigenvalue weighted by Crippen LogP contribution is -2.23. The SMILES string of the molecule is COC(=O)C[C@H]1CN(c2nccc(C)n2)C[C@H]1c1cccc(OCc2nc(-c3ccccc3)no2)c1. The molecule has 0 unspecified atom stereocenters. The standard InChI is InChI=1S/C27H27N5O4/c1-18-11-12-28-27(29-18)32-15-21(14-25(33)34-2)23(16-32)20-9-6-10-22(13-20)35-17-24-30-26(31-36-24)19-7-4-3-5-8-19/h3-13,21,23H,14-17H2,1-2H3/t21-,23-/m0/s1. The van der Waals surface area contributed by atoms with Crippen molar-refractivity contribution in [2.24, 2.45) is 5.92 Å². The molecule has 1 aliphatic rings. The number of aryl methyl sites for hydroxylation is 1. The van der Waals surface area contributed by atoms with Gasteiger partial charge in [0.2, 0.25) is 11.8 Å². The average Bonchev–Trinajstić information content (AvgIpc) is 3.56. The summed E-state index contributed by atoms with van der Waals surface area (Å²) in [6, 6.07) is 19.4. The Morgan fingerprint density at radius 2 is 1.94 bits per heavy atom. The third kappa shape index (κ3) is 5.35. The first-order chi connectivity index (χ1) is 17.6. The van der Waals surface area contributed by atoms with Gasteiger partial charge in [-0.3, -0.25) is 4.79 Å². The van der Waals surface area contributed by atoms with E-state index in [1.54, 1.807) is 6.20 Å². The number of carbonyl (C=O) groups is 1. The van der Waals surface area contributed by atoms with E-state index in [1.165, 1.54) is 7.11 Å². The number of rotatable bonds is 8. The molecule has 5 rings (SSSR count). The molecular weight excluding hydrogens is 458 g/mol. The highest BCUT2D eigenvalue weighted by Gasteiger charge is 2.36. The second kappa shape index (κ2) is 10.6. The second-order valence-corrected chi connectivity index (χ2v) is 8.79. The maximum Gasteiger partial charge on any atom is 0.305 e. The van der Waals surface area contributed by atoms with Crippen LogP contribution in [-0.2, 0) is 16.1 Å². The molecule has 0 radical (unpaired) electrons. The maximum atomic E-state index is 12.2. The van der Waals surface area contributed by atoms with Gasteiger partial charge in [0.1, 0.15) is 5.75 Å². The van der Waals surface area contributed by atoms with Crippen molar-refractivity contribution in [3.63, 3.8) is 0 Å². The predicted octanol–water partition coefficient (Wildman–Crippen LogP) is 4.20. The summed E-state index contributed by atoms with van der Waals surface area (Å²) < 4.78 is 16.3. The van der Waals surface area contributed by atoms with Crippen LogP contribution in [0.25, 0.3) is 11.4 Å². The molecule has 3 heterocycles. The number of carbonyl (C=O) groups excluding carboxylic acids is 1. The molecule has 2 atom stereocenters. The van der Waals surface area contributed by atoms with Crippen molar-refractivity contribution in [2.45, 2.75) is 25.9 Å². The number of nitrogens with zero attached hydrogens (tertiary/aromatic N) is 5. The van der Waals surface area contributed by atoms with E-state index >= 15 is 0 Å². The van der Waals surface area contributed by atoms with Gasteiger partial charge in [-0.2, -0.15) is 4.98 Å². The van der Waals surface area contributed by atoms with Crippen LogP contribution in [-0.4, -0.2) is 46.3 Å². The molecule has 9 nitrogen and oxygen atoms in total. The van der Waals surface area contributed by atoms with Gasteiger partial charge in [0, 0.05) is 36.5 Å². The molecule has 2 aromatic heterocycles. The van der Waals surface area contributed by atoms with Crippen LogP contribution in [0.15, 0.2) is 71.4 Å². The van der Waals surface area contributed by atoms with Crippen molar-refractivity contribution in [1.82, 2.24) is 20.1 Å². The van der Waals surface area contributed by atoms with Crippen molar-refractivity contribution < 1.29 is 18.8 Å². The van der Waals surface area contributed by atoms with Gasteiger partial charge in [0.15, 0.2) is 6.61 Å². The Morgan fingerprint density at radius 3 is 2.75 bits per heavy atom. The summed E-state index contributed by atoms with van der Waals surface area (Å²) in [6.45, 7) is 3.46. The van der Waals surface area contributed by atoms with Crippen LogP contribution < -0.4 is 9.64 Å². The lowest BCUT2D eigenvalue weighted by molar-refractivity contribution is -0.141. The van der Waals surface area contributed by atoms with Crippen LogP contribution in [0.2, 0.25) is 0 Å². The molecular formula is C27H27N5O4. The lowest BCUT2D eigenvalue weighted by Gasteiger charge is -2.18. The number of benzene rings is 2. The molecule has 1 saturated heterocycles. The molecule has 0 spiro atoms. The highest BCUT2D eigenvalue weighted by molar-refractivity contribution is 5.70. The van der Waals surface area contributed by atoms with Crippen molar-refractivity contribution in [2.75, 3.05) is 25.1 Å². The second-order valence-electron chi connectivity index (χ2n) is 8.79. The Morgan fingerprint density at radius 1 is 1.08 bits per heavy atom. The molecule has 36 heavy (non-hydrogen) atoms. The van der Waals surface area contributed by atoms with E-state index in [9.17, 15) is 4.79 Å². The summed E-state index contributed by atoms with van der Waals surface area (Å²) in [4.78, 5) is 27.7. The van der Waals surface area contributed by atoms with Crippen molar-refractivity contribution in [3.8, 4) is 17.1 Å². The van der Waals surface area contributed by atoms with Crippen LogP contribution in [0.3, 0.4) is 0 Å². The number of aromatic nitrogens is 4. The van der Waals surface area contributed by atoms with Crippen molar-refractivity contribution in [1.29, 1.82) is 0 Å². The molecule has 0 amide bonds. The van der Waals surface area contributed by atoms with Gasteiger partial charge in [-0.15, -0.1) is 0 Å². The Kier molecular flexibility index (Phi) is 6.88. The molecule has 0 aliphatic carbocycles. The van der Waals surface area contributed by atoms with Crippen molar-refractivity contribution in [3.05, 3.63) is 84.0 Å². The zero-order chi connectivity index (χ0) is 24.9. The average molecular weight is 486 g/mol. The van der Waals surface area contributed by atoms with Crippen LogP contribution in [0.4, 0.5) is 5.95 Å². The molecule has 9 heteroatoms. The number of methoxy groups -OCH3 is 1. The van der Waals surface area contributed by atoms with Gasteiger partial charge in [-0.25, -0.2) is 9.97 Å². The summed E-state index contributed by atoms with van der Waals surface area (Å²) in [5.41, 5.74) is 2.86. The summed E-state index contributed by atoms with van der Waals surface area (Å²) in [7, 11) is 1.42. The number of ether oxygens (including phenoxy) is 2. The molecule has 0 saturated carbocycles. The number of anilines is 1. The smallest absolute Gasteiger partial charge is 0.305 e. The van der Waals surface area contributed by atoms with E-state index in [-0.39, 0.29) is 24.4 Å². The largest absolute Gasteiger partial charge is 0.484 e. The van der Waals surface area contributed by atoms with Crippen LogP contribution in [0.1, 0.15) is 29.5 Å². The fourth-order valence-corrected chi connectivity index (χ4v) is 4.50. The van der Waals surface area contributed by atoms with Crippen LogP contribution in [0, 0.1) is 12.8 Å². The number of hydrogen-bond acceptors (Lipinski definition) is 9. The van der Waals surface area contributed by atoms with E-state index in [2.05, 4.69) is 31.1 Å². The number of esters is 1. The van der Waals surface area contributed by atoms with Gasteiger partial charge >= 0.3 is 5.97 Å². The predicted molar refractivity (Wildman–Crippen MR) is 132 cm³/mol. The molecule has 184 valence electrons. The minimum Gasteiger partial charge on any atom is -0.484 e. The third-order valence-electron chi connectivity index (χ3n) is 6.31. The topological polar surface area (TPSA) is 103 Å². The molecule has 1 fully saturated rings. The minimum atomic E-state index is -0.227. The Hall–Kier alpha value is -4.27. The van der Waals surface area contributed by atoms with Gasteiger partial charge in [-0.1, -0.05) is 47.6 Å². The van der Waals surface area contributed by atoms with E-state index < -0.39 is 0 Å². The fraction of sp³-hybridized carbons (Fsp3) is 0.296. The molecule has 0 N–H and O–H groups in total. The van der Waals surface area contributed by atoms with Gasteiger partial charge in [0.05, 0.1) is 13.5 Å². The summed E-state index contributed by atoms with van der Waals surface area (Å²) in [6.07, 6.45) is 2.08. The van der Waals surface area contributed by atoms with Crippen LogP contribution in [0.5, 0.6) is 5.75 Å². The normalized spacial score (nSPS) is 17.2. The Labute approximate surface area is 209 Å². The van der Waals surface area contributed by atoms with Crippen molar-refractivity contribution >= 4 is 11.9 Å².